The maximum Gasteiger partial charge on any atom is -0.01000 e. The van der Waals surface area contributed by atoms with E-state index in [-0.39, 0.29) is 0 Å². The first-order valence-electron chi connectivity index (χ1n) is 7.98. The molecule has 0 heterocycles. The predicted molar refractivity (Wildman–Crippen MR) is 75.5 cm³/mol. The van der Waals surface area contributed by atoms with E-state index in [2.05, 4.69) is 30.3 Å². The summed E-state index contributed by atoms with van der Waals surface area (Å²) in [6.07, 6.45) is 10.6. The van der Waals surface area contributed by atoms with Gasteiger partial charge in [0.15, 0.2) is 0 Å². The summed E-state index contributed by atoms with van der Waals surface area (Å²) in [4.78, 5) is 0. The molecule has 0 heteroatoms. The van der Waals surface area contributed by atoms with Gasteiger partial charge in [0.25, 0.3) is 0 Å². The first-order chi connectivity index (χ1) is 8.93. The third-order valence-corrected chi connectivity index (χ3v) is 6.15. The summed E-state index contributed by atoms with van der Waals surface area (Å²) in [5.74, 6) is 5.07. The molecule has 3 fully saturated rings. The van der Waals surface area contributed by atoms with Gasteiger partial charge in [0.05, 0.1) is 0 Å². The molecule has 0 N–H and O–H groups in total. The van der Waals surface area contributed by atoms with E-state index in [1.807, 2.05) is 0 Å². The van der Waals surface area contributed by atoms with Crippen LogP contribution in [-0.2, 0) is 0 Å². The Morgan fingerprint density at radius 2 is 1.33 bits per heavy atom. The van der Waals surface area contributed by atoms with E-state index < -0.39 is 0 Å². The lowest BCUT2D eigenvalue weighted by Crippen LogP contribution is -2.33. The number of rotatable bonds is 1. The van der Waals surface area contributed by atoms with Crippen molar-refractivity contribution in [3.8, 4) is 0 Å². The Morgan fingerprint density at radius 1 is 0.722 bits per heavy atom. The van der Waals surface area contributed by atoms with Gasteiger partial charge in [0.2, 0.25) is 0 Å². The fraction of sp³-hybridized carbons (Fsp3) is 0.667. The third kappa shape index (κ3) is 1.65. The second-order valence-corrected chi connectivity index (χ2v) is 6.88. The van der Waals surface area contributed by atoms with Crippen LogP contribution in [0.5, 0.6) is 0 Å². The van der Waals surface area contributed by atoms with Gasteiger partial charge in [-0.05, 0) is 54.4 Å². The van der Waals surface area contributed by atoms with E-state index in [0.29, 0.717) is 0 Å². The van der Waals surface area contributed by atoms with Crippen molar-refractivity contribution in [2.75, 3.05) is 0 Å². The van der Waals surface area contributed by atoms with Crippen LogP contribution in [0.3, 0.4) is 0 Å². The maximum atomic E-state index is 2.40. The highest BCUT2D eigenvalue weighted by molar-refractivity contribution is 5.24. The van der Waals surface area contributed by atoms with Gasteiger partial charge in [-0.25, -0.2) is 0 Å². The SMILES string of the molecule is c1ccc(C2C3CCCC3CC3CCCC32)cc1. The largest absolute Gasteiger partial charge is 0.0622 e. The van der Waals surface area contributed by atoms with Gasteiger partial charge in [-0.15, -0.1) is 0 Å². The summed E-state index contributed by atoms with van der Waals surface area (Å²) in [7, 11) is 0. The van der Waals surface area contributed by atoms with Gasteiger partial charge < -0.3 is 0 Å². The highest BCUT2D eigenvalue weighted by Crippen LogP contribution is 2.58. The van der Waals surface area contributed by atoms with Crippen molar-refractivity contribution in [2.45, 2.75) is 50.9 Å². The molecule has 4 unspecified atom stereocenters. The first-order valence-corrected chi connectivity index (χ1v) is 7.98. The van der Waals surface area contributed by atoms with E-state index in [0.717, 1.165) is 29.6 Å². The highest BCUT2D eigenvalue weighted by Gasteiger charge is 2.47. The summed E-state index contributed by atoms with van der Waals surface area (Å²) < 4.78 is 0. The van der Waals surface area contributed by atoms with E-state index in [9.17, 15) is 0 Å². The van der Waals surface area contributed by atoms with E-state index >= 15 is 0 Å². The Bertz CT molecular complexity index is 387. The topological polar surface area (TPSA) is 0 Å². The molecule has 1 aromatic carbocycles. The Labute approximate surface area is 111 Å². The fourth-order valence-electron chi connectivity index (χ4n) is 5.54. The van der Waals surface area contributed by atoms with Gasteiger partial charge in [0, 0.05) is 0 Å². The van der Waals surface area contributed by atoms with Crippen molar-refractivity contribution in [3.05, 3.63) is 35.9 Å². The van der Waals surface area contributed by atoms with Gasteiger partial charge in [-0.2, -0.15) is 0 Å². The first kappa shape index (κ1) is 11.1. The molecule has 0 spiro atoms. The molecule has 18 heavy (non-hydrogen) atoms. The van der Waals surface area contributed by atoms with Crippen LogP contribution in [0.1, 0.15) is 56.4 Å². The van der Waals surface area contributed by atoms with Crippen molar-refractivity contribution in [3.63, 3.8) is 0 Å². The average molecular weight is 240 g/mol. The van der Waals surface area contributed by atoms with Crippen LogP contribution in [0, 0.1) is 23.7 Å². The molecule has 96 valence electrons. The van der Waals surface area contributed by atoms with Crippen molar-refractivity contribution in [1.29, 1.82) is 0 Å². The van der Waals surface area contributed by atoms with Crippen LogP contribution in [0.4, 0.5) is 0 Å². The lowest BCUT2D eigenvalue weighted by Gasteiger charge is -2.43. The Kier molecular flexibility index (Phi) is 2.71. The van der Waals surface area contributed by atoms with Gasteiger partial charge >= 0.3 is 0 Å². The molecule has 3 aliphatic rings. The summed E-state index contributed by atoms with van der Waals surface area (Å²) in [6.45, 7) is 0. The van der Waals surface area contributed by atoms with Crippen LogP contribution < -0.4 is 0 Å². The molecule has 0 saturated heterocycles. The summed E-state index contributed by atoms with van der Waals surface area (Å²) in [6, 6.07) is 11.5. The molecule has 4 rings (SSSR count). The molecule has 0 aliphatic heterocycles. The molecule has 3 aliphatic carbocycles. The molecule has 0 amide bonds. The molecular formula is C18H24. The average Bonchev–Trinajstić information content (AvgIpc) is 3.04. The second-order valence-electron chi connectivity index (χ2n) is 6.88. The smallest absolute Gasteiger partial charge is 0.01000 e. The Hall–Kier alpha value is -0.780. The van der Waals surface area contributed by atoms with Gasteiger partial charge in [-0.3, -0.25) is 0 Å². The second kappa shape index (κ2) is 4.40. The molecule has 3 saturated carbocycles. The fourth-order valence-corrected chi connectivity index (χ4v) is 5.54. The summed E-state index contributed by atoms with van der Waals surface area (Å²) in [5.41, 5.74) is 1.66. The molecular weight excluding hydrogens is 216 g/mol. The molecule has 4 atom stereocenters. The highest BCUT2D eigenvalue weighted by atomic mass is 14.5. The Balaban J connectivity index is 1.72. The standard InChI is InChI=1S/C18H24/c1-2-6-13(7-3-1)18-16-10-4-8-14(16)12-15-9-5-11-17(15)18/h1-3,6-7,14-18H,4-5,8-12H2. The predicted octanol–water partition coefficient (Wildman–Crippen LogP) is 5.01. The van der Waals surface area contributed by atoms with Crippen LogP contribution >= 0.6 is 0 Å². The minimum absolute atomic E-state index is 0.903. The zero-order chi connectivity index (χ0) is 11.9. The van der Waals surface area contributed by atoms with Crippen LogP contribution in [0.15, 0.2) is 30.3 Å². The minimum atomic E-state index is 0.903. The van der Waals surface area contributed by atoms with Crippen molar-refractivity contribution in [2.24, 2.45) is 23.7 Å². The van der Waals surface area contributed by atoms with Crippen molar-refractivity contribution < 1.29 is 0 Å². The van der Waals surface area contributed by atoms with Crippen molar-refractivity contribution in [1.82, 2.24) is 0 Å². The summed E-state index contributed by atoms with van der Waals surface area (Å²) >= 11 is 0. The van der Waals surface area contributed by atoms with Crippen LogP contribution in [0.2, 0.25) is 0 Å². The van der Waals surface area contributed by atoms with Crippen LogP contribution in [0.25, 0.3) is 0 Å². The quantitative estimate of drug-likeness (QED) is 0.647. The van der Waals surface area contributed by atoms with E-state index in [4.69, 9.17) is 0 Å². The van der Waals surface area contributed by atoms with Gasteiger partial charge in [0.1, 0.15) is 0 Å². The zero-order valence-corrected chi connectivity index (χ0v) is 11.2. The Morgan fingerprint density at radius 3 is 1.94 bits per heavy atom. The number of hydrogen-bond acceptors (Lipinski definition) is 0. The summed E-state index contributed by atoms with van der Waals surface area (Å²) in [5, 5.41) is 0. The van der Waals surface area contributed by atoms with Crippen LogP contribution in [-0.4, -0.2) is 0 Å². The normalized spacial score (nSPS) is 42.6. The third-order valence-electron chi connectivity index (χ3n) is 6.15. The lowest BCUT2D eigenvalue weighted by molar-refractivity contribution is 0.122. The monoisotopic (exact) mass is 240 g/mol. The molecule has 0 radical (unpaired) electrons. The number of hydrogen-bond donors (Lipinski definition) is 0. The molecule has 0 aromatic heterocycles. The molecule has 0 bridgehead atoms. The molecule has 1 aromatic rings. The number of benzene rings is 1. The maximum absolute atomic E-state index is 2.40. The minimum Gasteiger partial charge on any atom is -0.0622 e. The van der Waals surface area contributed by atoms with E-state index in [1.54, 1.807) is 12.0 Å². The lowest BCUT2D eigenvalue weighted by atomic mass is 9.62. The van der Waals surface area contributed by atoms with Gasteiger partial charge in [-0.1, -0.05) is 56.0 Å². The molecule has 0 nitrogen and oxygen atoms in total. The van der Waals surface area contributed by atoms with Crippen molar-refractivity contribution >= 4 is 0 Å². The number of fused-ring (bicyclic) bond motifs is 2. The zero-order valence-electron chi connectivity index (χ0n) is 11.2. The van der Waals surface area contributed by atoms with E-state index in [1.165, 1.54) is 38.5 Å².